The summed E-state index contributed by atoms with van der Waals surface area (Å²) in [7, 11) is -3.84. The van der Waals surface area contributed by atoms with Gasteiger partial charge in [-0.2, -0.15) is 4.31 Å². The van der Waals surface area contributed by atoms with E-state index >= 15 is 0 Å². The normalized spacial score (nSPS) is 21.3. The zero-order valence-electron chi connectivity index (χ0n) is 18.7. The number of nitrogens with zero attached hydrogens (tertiary/aromatic N) is 3. The van der Waals surface area contributed by atoms with Gasteiger partial charge in [0.2, 0.25) is 15.9 Å². The summed E-state index contributed by atoms with van der Waals surface area (Å²) < 4.78 is 33.9. The minimum absolute atomic E-state index is 0.0861. The second kappa shape index (κ2) is 9.58. The molecule has 1 amide bonds. The van der Waals surface area contributed by atoms with Crippen molar-refractivity contribution in [3.8, 4) is 0 Å². The number of piperidine rings is 2. The summed E-state index contributed by atoms with van der Waals surface area (Å²) in [6.45, 7) is 5.99. The summed E-state index contributed by atoms with van der Waals surface area (Å²) in [6.07, 6.45) is 6.86. The first kappa shape index (κ1) is 22.7. The minimum atomic E-state index is -3.84. The van der Waals surface area contributed by atoms with Crippen LogP contribution in [0, 0.1) is 18.8 Å². The Balaban J connectivity index is 1.53. The van der Waals surface area contributed by atoms with Gasteiger partial charge in [0.1, 0.15) is 5.69 Å². The van der Waals surface area contributed by atoms with Crippen molar-refractivity contribution in [1.29, 1.82) is 0 Å². The monoisotopic (exact) mass is 457 g/mol. The van der Waals surface area contributed by atoms with E-state index in [4.69, 9.17) is 4.52 Å². The summed E-state index contributed by atoms with van der Waals surface area (Å²) in [6, 6.07) is 9.60. The molecule has 0 saturated carbocycles. The third kappa shape index (κ3) is 4.81. The standard InChI is InChI=1S/C24H31N3O4S/c1-18-12-15-26(16-13-18)24(28)21-9-6-14-27(17-21)32(29,30)23-19(2)25-31-22(23)11-10-20-7-4-3-5-8-20/h3-5,7-8,10-11,18,21H,6,9,12-17H2,1-2H3/b11-10+/t21-/m1/s1. The van der Waals surface area contributed by atoms with Crippen LogP contribution in [0.15, 0.2) is 39.8 Å². The maximum atomic E-state index is 13.6. The van der Waals surface area contributed by atoms with Gasteiger partial charge in [-0.3, -0.25) is 4.79 Å². The predicted molar refractivity (Wildman–Crippen MR) is 123 cm³/mol. The number of carbonyl (C=O) groups is 1. The second-order valence-corrected chi connectivity index (χ2v) is 10.8. The first-order valence-electron chi connectivity index (χ1n) is 11.3. The number of aromatic nitrogens is 1. The Morgan fingerprint density at radius 2 is 1.81 bits per heavy atom. The Kier molecular flexibility index (Phi) is 6.81. The molecule has 0 spiro atoms. The summed E-state index contributed by atoms with van der Waals surface area (Å²) in [4.78, 5) is 15.1. The topological polar surface area (TPSA) is 83.7 Å². The van der Waals surface area contributed by atoms with E-state index in [-0.39, 0.29) is 29.0 Å². The van der Waals surface area contributed by atoms with Crippen LogP contribution in [0.3, 0.4) is 0 Å². The van der Waals surface area contributed by atoms with Gasteiger partial charge in [-0.1, -0.05) is 48.5 Å². The molecule has 8 heteroatoms. The van der Waals surface area contributed by atoms with Crippen molar-refractivity contribution in [3.63, 3.8) is 0 Å². The first-order chi connectivity index (χ1) is 15.4. The molecule has 2 fully saturated rings. The number of likely N-dealkylation sites (tertiary alicyclic amines) is 1. The number of hydrogen-bond donors (Lipinski definition) is 0. The van der Waals surface area contributed by atoms with Crippen LogP contribution in [0.25, 0.3) is 12.2 Å². The van der Waals surface area contributed by atoms with E-state index in [0.717, 1.165) is 37.9 Å². The highest BCUT2D eigenvalue weighted by molar-refractivity contribution is 7.89. The molecule has 3 heterocycles. The molecule has 0 bridgehead atoms. The average molecular weight is 458 g/mol. The average Bonchev–Trinajstić information content (AvgIpc) is 3.19. The highest BCUT2D eigenvalue weighted by Crippen LogP contribution is 2.30. The molecule has 4 rings (SSSR count). The molecule has 2 aromatic rings. The fourth-order valence-corrected chi connectivity index (χ4v) is 6.29. The molecule has 1 atom stereocenters. The second-order valence-electron chi connectivity index (χ2n) is 8.92. The Bertz CT molecular complexity index is 1070. The lowest BCUT2D eigenvalue weighted by Crippen LogP contribution is -2.48. The minimum Gasteiger partial charge on any atom is -0.355 e. The third-order valence-corrected chi connectivity index (χ3v) is 8.51. The van der Waals surface area contributed by atoms with E-state index in [1.54, 1.807) is 19.1 Å². The van der Waals surface area contributed by atoms with Crippen molar-refractivity contribution in [2.45, 2.75) is 44.4 Å². The Hall–Kier alpha value is -2.45. The number of carbonyl (C=O) groups excluding carboxylic acids is 1. The van der Waals surface area contributed by atoms with Crippen molar-refractivity contribution in [1.82, 2.24) is 14.4 Å². The lowest BCUT2D eigenvalue weighted by molar-refractivity contribution is -0.138. The fraction of sp³-hybridized carbons (Fsp3) is 0.500. The molecule has 0 unspecified atom stereocenters. The number of aryl methyl sites for hydroxylation is 1. The first-order valence-corrected chi connectivity index (χ1v) is 12.8. The smallest absolute Gasteiger partial charge is 0.248 e. The highest BCUT2D eigenvalue weighted by atomic mass is 32.2. The maximum Gasteiger partial charge on any atom is 0.248 e. The zero-order chi connectivity index (χ0) is 22.7. The Morgan fingerprint density at radius 3 is 2.53 bits per heavy atom. The van der Waals surface area contributed by atoms with Crippen molar-refractivity contribution in [3.05, 3.63) is 47.3 Å². The lowest BCUT2D eigenvalue weighted by atomic mass is 9.94. The molecule has 2 aliphatic heterocycles. The van der Waals surface area contributed by atoms with Crippen molar-refractivity contribution in [2.24, 2.45) is 11.8 Å². The molecular formula is C24H31N3O4S. The third-order valence-electron chi connectivity index (χ3n) is 6.49. The van der Waals surface area contributed by atoms with E-state index in [1.807, 2.05) is 35.2 Å². The van der Waals surface area contributed by atoms with Crippen molar-refractivity contribution in [2.75, 3.05) is 26.2 Å². The van der Waals surface area contributed by atoms with Gasteiger partial charge in [-0.25, -0.2) is 8.42 Å². The van der Waals surface area contributed by atoms with E-state index < -0.39 is 10.0 Å². The molecule has 0 radical (unpaired) electrons. The van der Waals surface area contributed by atoms with Crippen LogP contribution in [-0.4, -0.2) is 54.9 Å². The van der Waals surface area contributed by atoms with Crippen LogP contribution >= 0.6 is 0 Å². The van der Waals surface area contributed by atoms with Gasteiger partial charge in [0, 0.05) is 26.2 Å². The zero-order valence-corrected chi connectivity index (χ0v) is 19.6. The summed E-state index contributed by atoms with van der Waals surface area (Å²) in [5.74, 6) is 0.643. The maximum absolute atomic E-state index is 13.6. The quantitative estimate of drug-likeness (QED) is 0.682. The van der Waals surface area contributed by atoms with Gasteiger partial charge in [-0.05, 0) is 50.2 Å². The molecule has 1 aromatic carbocycles. The molecule has 0 N–H and O–H groups in total. The van der Waals surface area contributed by atoms with Crippen LogP contribution in [0.5, 0.6) is 0 Å². The van der Waals surface area contributed by atoms with Gasteiger partial charge in [0.25, 0.3) is 0 Å². The molecule has 32 heavy (non-hydrogen) atoms. The van der Waals surface area contributed by atoms with E-state index in [2.05, 4.69) is 12.1 Å². The Labute approximate surface area is 190 Å². The highest BCUT2D eigenvalue weighted by Gasteiger charge is 2.38. The fourth-order valence-electron chi connectivity index (χ4n) is 4.51. The molecule has 0 aliphatic carbocycles. The number of amides is 1. The van der Waals surface area contributed by atoms with Crippen LogP contribution in [0.2, 0.25) is 0 Å². The van der Waals surface area contributed by atoms with Crippen LogP contribution < -0.4 is 0 Å². The summed E-state index contributed by atoms with van der Waals surface area (Å²) in [5, 5.41) is 3.92. The largest absolute Gasteiger partial charge is 0.355 e. The molecular weight excluding hydrogens is 426 g/mol. The van der Waals surface area contributed by atoms with Crippen LogP contribution in [0.4, 0.5) is 0 Å². The van der Waals surface area contributed by atoms with Gasteiger partial charge in [0.05, 0.1) is 5.92 Å². The lowest BCUT2D eigenvalue weighted by Gasteiger charge is -2.36. The molecule has 2 saturated heterocycles. The van der Waals surface area contributed by atoms with Crippen molar-refractivity contribution >= 4 is 28.1 Å². The molecule has 172 valence electrons. The van der Waals surface area contributed by atoms with Crippen LogP contribution in [-0.2, 0) is 14.8 Å². The molecule has 1 aromatic heterocycles. The van der Waals surface area contributed by atoms with E-state index in [0.29, 0.717) is 24.6 Å². The summed E-state index contributed by atoms with van der Waals surface area (Å²) >= 11 is 0. The number of rotatable bonds is 5. The van der Waals surface area contributed by atoms with Crippen molar-refractivity contribution < 1.29 is 17.7 Å². The van der Waals surface area contributed by atoms with Gasteiger partial charge in [-0.15, -0.1) is 0 Å². The molecule has 7 nitrogen and oxygen atoms in total. The van der Waals surface area contributed by atoms with Gasteiger partial charge in [0.15, 0.2) is 10.7 Å². The molecule has 2 aliphatic rings. The van der Waals surface area contributed by atoms with Gasteiger partial charge >= 0.3 is 0 Å². The Morgan fingerprint density at radius 1 is 1.09 bits per heavy atom. The predicted octanol–water partition coefficient (Wildman–Crippen LogP) is 3.81. The number of benzene rings is 1. The summed E-state index contributed by atoms with van der Waals surface area (Å²) in [5.41, 5.74) is 1.26. The number of sulfonamides is 1. The number of hydrogen-bond acceptors (Lipinski definition) is 5. The van der Waals surface area contributed by atoms with Gasteiger partial charge < -0.3 is 9.42 Å². The van der Waals surface area contributed by atoms with E-state index in [1.165, 1.54) is 4.31 Å². The van der Waals surface area contributed by atoms with Crippen LogP contribution in [0.1, 0.15) is 49.6 Å². The SMILES string of the molecule is Cc1noc(/C=C/c2ccccc2)c1S(=O)(=O)N1CCC[C@@H](C(=O)N2CCC(C)CC2)C1. The van der Waals surface area contributed by atoms with E-state index in [9.17, 15) is 13.2 Å².